The van der Waals surface area contributed by atoms with Gasteiger partial charge in [-0.05, 0) is 43.0 Å². The van der Waals surface area contributed by atoms with Gasteiger partial charge in [-0.15, -0.1) is 0 Å². The minimum atomic E-state index is -0.493. The van der Waals surface area contributed by atoms with Crippen LogP contribution >= 0.6 is 11.6 Å². The largest absolute Gasteiger partial charge is 0.387 e. The standard InChI is InChI=1S/C15H24ClNO/c1-5-8-17-14(10(2)3)15(18)12-6-7-13(16)11(4)9-12/h6-7,9-10,14-15,17-18H,5,8H2,1-4H3. The van der Waals surface area contributed by atoms with Crippen molar-refractivity contribution < 1.29 is 5.11 Å². The summed E-state index contributed by atoms with van der Waals surface area (Å²) < 4.78 is 0. The van der Waals surface area contributed by atoms with Crippen molar-refractivity contribution in [1.29, 1.82) is 0 Å². The van der Waals surface area contributed by atoms with Crippen molar-refractivity contribution in [3.05, 3.63) is 34.3 Å². The van der Waals surface area contributed by atoms with Gasteiger partial charge in [-0.1, -0.05) is 44.5 Å². The summed E-state index contributed by atoms with van der Waals surface area (Å²) >= 11 is 6.01. The summed E-state index contributed by atoms with van der Waals surface area (Å²) in [5.74, 6) is 0.377. The number of aliphatic hydroxyl groups is 1. The predicted molar refractivity (Wildman–Crippen MR) is 78.1 cm³/mol. The van der Waals surface area contributed by atoms with Crippen molar-refractivity contribution in [2.45, 2.75) is 46.3 Å². The summed E-state index contributed by atoms with van der Waals surface area (Å²) in [5, 5.41) is 14.6. The van der Waals surface area contributed by atoms with Crippen molar-refractivity contribution in [2.75, 3.05) is 6.54 Å². The lowest BCUT2D eigenvalue weighted by Gasteiger charge is -2.28. The Kier molecular flexibility index (Phi) is 6.13. The third-order valence-electron chi connectivity index (χ3n) is 3.21. The summed E-state index contributed by atoms with van der Waals surface area (Å²) in [7, 11) is 0. The highest BCUT2D eigenvalue weighted by Gasteiger charge is 2.23. The molecule has 18 heavy (non-hydrogen) atoms. The normalized spacial score (nSPS) is 14.8. The van der Waals surface area contributed by atoms with Crippen molar-refractivity contribution >= 4 is 11.6 Å². The van der Waals surface area contributed by atoms with Crippen LogP contribution in [0.25, 0.3) is 0 Å². The molecule has 1 aromatic carbocycles. The van der Waals surface area contributed by atoms with Crippen molar-refractivity contribution in [1.82, 2.24) is 5.32 Å². The van der Waals surface area contributed by atoms with Gasteiger partial charge < -0.3 is 10.4 Å². The number of benzene rings is 1. The number of aliphatic hydroxyl groups excluding tert-OH is 1. The van der Waals surface area contributed by atoms with Crippen LogP contribution < -0.4 is 5.32 Å². The Balaban J connectivity index is 2.87. The molecule has 0 bridgehead atoms. The second kappa shape index (κ2) is 7.13. The van der Waals surface area contributed by atoms with Gasteiger partial charge in [0.05, 0.1) is 6.10 Å². The van der Waals surface area contributed by atoms with Crippen LogP contribution in [0.15, 0.2) is 18.2 Å². The summed E-state index contributed by atoms with van der Waals surface area (Å²) in [5.41, 5.74) is 1.94. The highest BCUT2D eigenvalue weighted by molar-refractivity contribution is 6.31. The zero-order valence-corrected chi connectivity index (χ0v) is 12.5. The first-order valence-corrected chi connectivity index (χ1v) is 7.02. The Morgan fingerprint density at radius 1 is 1.33 bits per heavy atom. The smallest absolute Gasteiger partial charge is 0.0945 e. The first-order valence-electron chi connectivity index (χ1n) is 6.64. The first-order chi connectivity index (χ1) is 8.47. The molecule has 0 aromatic heterocycles. The second-order valence-corrected chi connectivity index (χ2v) is 5.58. The molecule has 0 aliphatic heterocycles. The molecule has 0 heterocycles. The molecule has 2 atom stereocenters. The maximum absolute atomic E-state index is 10.5. The Bertz CT molecular complexity index is 379. The average Bonchev–Trinajstić information content (AvgIpc) is 2.32. The minimum Gasteiger partial charge on any atom is -0.387 e. The van der Waals surface area contributed by atoms with Gasteiger partial charge in [0.1, 0.15) is 0 Å². The number of hydrogen-bond acceptors (Lipinski definition) is 2. The number of halogens is 1. The highest BCUT2D eigenvalue weighted by Crippen LogP contribution is 2.25. The number of aryl methyl sites for hydroxylation is 1. The van der Waals surface area contributed by atoms with Crippen LogP contribution in [-0.2, 0) is 0 Å². The van der Waals surface area contributed by atoms with Crippen LogP contribution in [0.2, 0.25) is 5.02 Å². The Morgan fingerprint density at radius 3 is 2.50 bits per heavy atom. The lowest BCUT2D eigenvalue weighted by Crippen LogP contribution is -2.39. The van der Waals surface area contributed by atoms with Crippen LogP contribution in [-0.4, -0.2) is 17.7 Å². The molecule has 2 nitrogen and oxygen atoms in total. The van der Waals surface area contributed by atoms with E-state index in [0.29, 0.717) is 5.92 Å². The molecule has 2 N–H and O–H groups in total. The lowest BCUT2D eigenvalue weighted by molar-refractivity contribution is 0.105. The fraction of sp³-hybridized carbons (Fsp3) is 0.600. The van der Waals surface area contributed by atoms with Gasteiger partial charge in [0.15, 0.2) is 0 Å². The molecule has 0 saturated heterocycles. The van der Waals surface area contributed by atoms with Gasteiger partial charge in [0.2, 0.25) is 0 Å². The number of nitrogens with one attached hydrogen (secondary N) is 1. The molecule has 0 spiro atoms. The SMILES string of the molecule is CCCNC(C(C)C)C(O)c1ccc(Cl)c(C)c1. The predicted octanol–water partition coefficient (Wildman–Crippen LogP) is 3.71. The van der Waals surface area contributed by atoms with E-state index >= 15 is 0 Å². The van der Waals surface area contributed by atoms with E-state index in [1.54, 1.807) is 0 Å². The molecule has 0 aliphatic carbocycles. The van der Waals surface area contributed by atoms with Gasteiger partial charge >= 0.3 is 0 Å². The third-order valence-corrected chi connectivity index (χ3v) is 3.64. The van der Waals surface area contributed by atoms with E-state index in [0.717, 1.165) is 29.1 Å². The van der Waals surface area contributed by atoms with Crippen molar-refractivity contribution in [2.24, 2.45) is 5.92 Å². The van der Waals surface area contributed by atoms with Crippen LogP contribution in [0.4, 0.5) is 0 Å². The summed E-state index contributed by atoms with van der Waals surface area (Å²) in [4.78, 5) is 0. The molecule has 2 unspecified atom stereocenters. The van der Waals surface area contributed by atoms with Crippen molar-refractivity contribution in [3.8, 4) is 0 Å². The number of hydrogen-bond donors (Lipinski definition) is 2. The molecule has 0 radical (unpaired) electrons. The molecule has 0 fully saturated rings. The Hall–Kier alpha value is -0.570. The van der Waals surface area contributed by atoms with E-state index in [4.69, 9.17) is 11.6 Å². The number of rotatable bonds is 6. The maximum Gasteiger partial charge on any atom is 0.0945 e. The topological polar surface area (TPSA) is 32.3 Å². The first kappa shape index (κ1) is 15.5. The van der Waals surface area contributed by atoms with Gasteiger partial charge in [-0.2, -0.15) is 0 Å². The van der Waals surface area contributed by atoms with E-state index in [-0.39, 0.29) is 6.04 Å². The average molecular weight is 270 g/mol. The van der Waals surface area contributed by atoms with E-state index in [1.807, 2.05) is 25.1 Å². The molecule has 102 valence electrons. The van der Waals surface area contributed by atoms with Gasteiger partial charge in [-0.25, -0.2) is 0 Å². The summed E-state index contributed by atoms with van der Waals surface area (Å²) in [6.07, 6.45) is 0.572. The summed E-state index contributed by atoms with van der Waals surface area (Å²) in [6, 6.07) is 5.80. The van der Waals surface area contributed by atoms with Gasteiger partial charge in [0, 0.05) is 11.1 Å². The maximum atomic E-state index is 10.5. The molecule has 0 aliphatic rings. The van der Waals surface area contributed by atoms with E-state index < -0.39 is 6.10 Å². The van der Waals surface area contributed by atoms with Crippen molar-refractivity contribution in [3.63, 3.8) is 0 Å². The van der Waals surface area contributed by atoms with E-state index in [2.05, 4.69) is 26.1 Å². The van der Waals surface area contributed by atoms with Crippen LogP contribution in [0, 0.1) is 12.8 Å². The fourth-order valence-corrected chi connectivity index (χ4v) is 2.20. The quantitative estimate of drug-likeness (QED) is 0.825. The van der Waals surface area contributed by atoms with Crippen LogP contribution in [0.1, 0.15) is 44.4 Å². The molecule has 1 aromatic rings. The van der Waals surface area contributed by atoms with E-state index in [9.17, 15) is 5.11 Å². The monoisotopic (exact) mass is 269 g/mol. The van der Waals surface area contributed by atoms with E-state index in [1.165, 1.54) is 0 Å². The zero-order valence-electron chi connectivity index (χ0n) is 11.7. The molecule has 0 amide bonds. The lowest BCUT2D eigenvalue weighted by atomic mass is 9.92. The molecular formula is C15H24ClNO. The molecule has 3 heteroatoms. The third kappa shape index (κ3) is 3.98. The molecule has 0 saturated carbocycles. The van der Waals surface area contributed by atoms with Gasteiger partial charge in [0.25, 0.3) is 0 Å². The molecule has 1 rings (SSSR count). The van der Waals surface area contributed by atoms with Crippen LogP contribution in [0.3, 0.4) is 0 Å². The fourth-order valence-electron chi connectivity index (χ4n) is 2.08. The second-order valence-electron chi connectivity index (χ2n) is 5.18. The summed E-state index contributed by atoms with van der Waals surface area (Å²) in [6.45, 7) is 9.26. The zero-order chi connectivity index (χ0) is 13.7. The highest BCUT2D eigenvalue weighted by atomic mass is 35.5. The minimum absolute atomic E-state index is 0.0746. The van der Waals surface area contributed by atoms with Gasteiger partial charge in [-0.3, -0.25) is 0 Å². The Labute approximate surface area is 115 Å². The Morgan fingerprint density at radius 2 is 2.00 bits per heavy atom. The molecular weight excluding hydrogens is 246 g/mol. The van der Waals surface area contributed by atoms with Crippen LogP contribution in [0.5, 0.6) is 0 Å².